The Morgan fingerprint density at radius 1 is 1.38 bits per heavy atom. The molecule has 0 heterocycles. The van der Waals surface area contributed by atoms with Crippen molar-refractivity contribution in [1.29, 1.82) is 5.41 Å². The first-order valence-electron chi connectivity index (χ1n) is 4.44. The highest BCUT2D eigenvalue weighted by atomic mass is 16.5. The molecular weight excluding hydrogens is 162 g/mol. The second-order valence-electron chi connectivity index (χ2n) is 3.01. The van der Waals surface area contributed by atoms with Gasteiger partial charge in [-0.1, -0.05) is 12.1 Å². The number of ether oxygens (including phenoxy) is 1. The van der Waals surface area contributed by atoms with E-state index in [1.54, 1.807) is 0 Å². The van der Waals surface area contributed by atoms with Crippen LogP contribution in [0.25, 0.3) is 0 Å². The van der Waals surface area contributed by atoms with Crippen molar-refractivity contribution >= 4 is 5.90 Å². The molecule has 0 saturated carbocycles. The van der Waals surface area contributed by atoms with Gasteiger partial charge in [0.25, 0.3) is 0 Å². The van der Waals surface area contributed by atoms with Gasteiger partial charge >= 0.3 is 0 Å². The zero-order valence-electron chi connectivity index (χ0n) is 8.35. The Labute approximate surface area is 79.1 Å². The lowest BCUT2D eigenvalue weighted by atomic mass is 10.0. The quantitative estimate of drug-likeness (QED) is 0.546. The summed E-state index contributed by atoms with van der Waals surface area (Å²) in [5.41, 5.74) is 3.21. The molecule has 0 aliphatic rings. The van der Waals surface area contributed by atoms with Crippen LogP contribution in [0.15, 0.2) is 18.2 Å². The van der Waals surface area contributed by atoms with Crippen LogP contribution >= 0.6 is 0 Å². The summed E-state index contributed by atoms with van der Waals surface area (Å²) >= 11 is 0. The average molecular weight is 177 g/mol. The van der Waals surface area contributed by atoms with Gasteiger partial charge in [0.15, 0.2) is 0 Å². The van der Waals surface area contributed by atoms with Gasteiger partial charge in [0.05, 0.1) is 6.61 Å². The summed E-state index contributed by atoms with van der Waals surface area (Å²) in [7, 11) is 0. The van der Waals surface area contributed by atoms with E-state index in [1.165, 1.54) is 5.56 Å². The van der Waals surface area contributed by atoms with Crippen LogP contribution in [-0.4, -0.2) is 12.5 Å². The van der Waals surface area contributed by atoms with E-state index in [-0.39, 0.29) is 5.90 Å². The van der Waals surface area contributed by atoms with Crippen molar-refractivity contribution in [3.05, 3.63) is 34.9 Å². The summed E-state index contributed by atoms with van der Waals surface area (Å²) < 4.78 is 5.15. The van der Waals surface area contributed by atoms with E-state index < -0.39 is 0 Å². The molecule has 0 bridgehead atoms. The van der Waals surface area contributed by atoms with Crippen molar-refractivity contribution in [3.63, 3.8) is 0 Å². The largest absolute Gasteiger partial charge is 0.478 e. The Morgan fingerprint density at radius 2 is 2.08 bits per heavy atom. The number of benzene rings is 1. The summed E-state index contributed by atoms with van der Waals surface area (Å²) in [6.07, 6.45) is 0. The third-order valence-corrected chi connectivity index (χ3v) is 2.14. The Morgan fingerprint density at radius 3 is 2.69 bits per heavy atom. The lowest BCUT2D eigenvalue weighted by molar-refractivity contribution is 0.325. The van der Waals surface area contributed by atoms with E-state index in [9.17, 15) is 0 Å². The highest BCUT2D eigenvalue weighted by molar-refractivity contribution is 5.93. The lowest BCUT2D eigenvalue weighted by Gasteiger charge is -2.09. The molecule has 70 valence electrons. The molecule has 2 heteroatoms. The number of nitrogens with one attached hydrogen (secondary N) is 1. The van der Waals surface area contributed by atoms with E-state index in [4.69, 9.17) is 10.1 Å². The van der Waals surface area contributed by atoms with Crippen LogP contribution in [0.4, 0.5) is 0 Å². The number of hydrogen-bond acceptors (Lipinski definition) is 2. The van der Waals surface area contributed by atoms with Crippen molar-refractivity contribution in [2.75, 3.05) is 6.61 Å². The molecule has 0 atom stereocenters. The Bertz CT molecular complexity index is 318. The van der Waals surface area contributed by atoms with Gasteiger partial charge < -0.3 is 4.74 Å². The van der Waals surface area contributed by atoms with E-state index in [0.717, 1.165) is 11.1 Å². The molecule has 1 rings (SSSR count). The van der Waals surface area contributed by atoms with Crippen LogP contribution in [-0.2, 0) is 4.74 Å². The first kappa shape index (κ1) is 9.78. The van der Waals surface area contributed by atoms with Gasteiger partial charge in [0.2, 0.25) is 5.90 Å². The smallest absolute Gasteiger partial charge is 0.213 e. The third kappa shape index (κ3) is 2.08. The Balaban J connectivity index is 3.01. The molecule has 0 fully saturated rings. The van der Waals surface area contributed by atoms with Gasteiger partial charge in [0.1, 0.15) is 0 Å². The summed E-state index contributed by atoms with van der Waals surface area (Å²) in [5, 5.41) is 7.64. The maximum Gasteiger partial charge on any atom is 0.213 e. The third-order valence-electron chi connectivity index (χ3n) is 2.14. The standard InChI is InChI=1S/C11H15NO/c1-4-13-11(12)10-7-5-6-8(2)9(10)3/h5-7,12H,4H2,1-3H3. The van der Waals surface area contributed by atoms with Crippen LogP contribution < -0.4 is 0 Å². The molecule has 1 aromatic rings. The van der Waals surface area contributed by atoms with Crippen molar-refractivity contribution in [2.24, 2.45) is 0 Å². The SMILES string of the molecule is CCOC(=N)c1cccc(C)c1C. The van der Waals surface area contributed by atoms with Crippen molar-refractivity contribution in [1.82, 2.24) is 0 Å². The first-order chi connectivity index (χ1) is 6.16. The van der Waals surface area contributed by atoms with Crippen molar-refractivity contribution < 1.29 is 4.74 Å². The molecule has 0 spiro atoms. The highest BCUT2D eigenvalue weighted by Gasteiger charge is 2.06. The van der Waals surface area contributed by atoms with Crippen LogP contribution in [0.2, 0.25) is 0 Å². The molecule has 0 aliphatic carbocycles. The Hall–Kier alpha value is -1.31. The van der Waals surface area contributed by atoms with Gasteiger partial charge in [-0.2, -0.15) is 0 Å². The maximum atomic E-state index is 7.64. The summed E-state index contributed by atoms with van der Waals surface area (Å²) in [5.74, 6) is 0.267. The second-order valence-corrected chi connectivity index (χ2v) is 3.01. The molecule has 0 radical (unpaired) electrons. The summed E-state index contributed by atoms with van der Waals surface area (Å²) in [4.78, 5) is 0. The van der Waals surface area contributed by atoms with Crippen LogP contribution in [0, 0.1) is 19.3 Å². The fourth-order valence-corrected chi connectivity index (χ4v) is 1.22. The summed E-state index contributed by atoms with van der Waals surface area (Å²) in [6, 6.07) is 5.91. The van der Waals surface area contributed by atoms with Gasteiger partial charge in [-0.3, -0.25) is 5.41 Å². The summed E-state index contributed by atoms with van der Waals surface area (Å²) in [6.45, 7) is 6.49. The van der Waals surface area contributed by atoms with E-state index in [2.05, 4.69) is 0 Å². The predicted molar refractivity (Wildman–Crippen MR) is 54.4 cm³/mol. The van der Waals surface area contributed by atoms with Crippen LogP contribution in [0.1, 0.15) is 23.6 Å². The minimum atomic E-state index is 0.267. The zero-order chi connectivity index (χ0) is 9.84. The highest BCUT2D eigenvalue weighted by Crippen LogP contribution is 2.13. The molecule has 0 amide bonds. The minimum absolute atomic E-state index is 0.267. The molecule has 0 saturated heterocycles. The number of hydrogen-bond donors (Lipinski definition) is 1. The predicted octanol–water partition coefficient (Wildman–Crippen LogP) is 2.67. The molecule has 0 aliphatic heterocycles. The van der Waals surface area contributed by atoms with Crippen molar-refractivity contribution in [2.45, 2.75) is 20.8 Å². The minimum Gasteiger partial charge on any atom is -0.478 e. The van der Waals surface area contributed by atoms with Crippen LogP contribution in [0.3, 0.4) is 0 Å². The van der Waals surface area contributed by atoms with E-state index >= 15 is 0 Å². The molecule has 0 aromatic heterocycles. The first-order valence-corrected chi connectivity index (χ1v) is 4.44. The average Bonchev–Trinajstić information content (AvgIpc) is 2.10. The zero-order valence-corrected chi connectivity index (χ0v) is 8.35. The van der Waals surface area contributed by atoms with Crippen LogP contribution in [0.5, 0.6) is 0 Å². The fourth-order valence-electron chi connectivity index (χ4n) is 1.22. The van der Waals surface area contributed by atoms with Gasteiger partial charge in [-0.25, -0.2) is 0 Å². The lowest BCUT2D eigenvalue weighted by Crippen LogP contribution is -2.07. The molecule has 2 nitrogen and oxygen atoms in total. The topological polar surface area (TPSA) is 33.1 Å². The molecular formula is C11H15NO. The number of aryl methyl sites for hydroxylation is 1. The Kier molecular flexibility index (Phi) is 3.07. The molecule has 1 N–H and O–H groups in total. The van der Waals surface area contributed by atoms with Crippen molar-refractivity contribution in [3.8, 4) is 0 Å². The molecule has 1 aromatic carbocycles. The van der Waals surface area contributed by atoms with E-state index in [1.807, 2.05) is 39.0 Å². The maximum absolute atomic E-state index is 7.64. The van der Waals surface area contributed by atoms with E-state index in [0.29, 0.717) is 6.61 Å². The van der Waals surface area contributed by atoms with Gasteiger partial charge in [-0.15, -0.1) is 0 Å². The number of rotatable bonds is 2. The normalized spacial score (nSPS) is 9.77. The van der Waals surface area contributed by atoms with Gasteiger partial charge in [-0.05, 0) is 38.0 Å². The fraction of sp³-hybridized carbons (Fsp3) is 0.364. The molecule has 0 unspecified atom stereocenters. The second kappa shape index (κ2) is 4.08. The van der Waals surface area contributed by atoms with Gasteiger partial charge in [0, 0.05) is 5.56 Å². The molecule has 13 heavy (non-hydrogen) atoms. The monoisotopic (exact) mass is 177 g/mol.